The molecule has 14 heteroatoms. The van der Waals surface area contributed by atoms with Crippen molar-refractivity contribution >= 4 is 30.0 Å². The molecule has 2 aliphatic rings. The number of carbonyl (C=O) groups excluding carboxylic acids is 2. The summed E-state index contributed by atoms with van der Waals surface area (Å²) in [5.74, 6) is -1.80. The zero-order valence-electron chi connectivity index (χ0n) is 25.4. The first kappa shape index (κ1) is 36.0. The van der Waals surface area contributed by atoms with Crippen LogP contribution in [0.15, 0.2) is 66.9 Å². The van der Waals surface area contributed by atoms with Crippen LogP contribution < -0.4 is 16.1 Å². The lowest BCUT2D eigenvalue weighted by Crippen LogP contribution is -2.55. The van der Waals surface area contributed by atoms with Crippen LogP contribution in [-0.4, -0.2) is 59.8 Å². The van der Waals surface area contributed by atoms with Crippen molar-refractivity contribution in [3.63, 3.8) is 0 Å². The van der Waals surface area contributed by atoms with E-state index in [2.05, 4.69) is 10.3 Å². The standard InChI is InChI=1S/C33H35F6N5O2.ClH/c34-32(35,36)20-42-30(46)31(26-15-3-1-12-23(26)24-13-2-4-16-27(24)31)17-7-5-10-22-11-6-8-19-43(22)44(21-33(37,38)39)29-25(28(40)45)14-9-18-41-29;/h1-4,9,12-16,18,22H,5-8,10-11,17,19-21H2,(H2,40,45)(H,42,46);1H. The van der Waals surface area contributed by atoms with Crippen molar-refractivity contribution in [3.8, 4) is 11.1 Å². The number of carbonyl (C=O) groups is 2. The summed E-state index contributed by atoms with van der Waals surface area (Å²) in [5, 5.41) is 4.73. The fourth-order valence-electron chi connectivity index (χ4n) is 6.90. The Labute approximate surface area is 274 Å². The highest BCUT2D eigenvalue weighted by atomic mass is 35.5. The van der Waals surface area contributed by atoms with Gasteiger partial charge in [0.2, 0.25) is 5.91 Å². The number of nitrogens with two attached hydrogens (primary N) is 1. The lowest BCUT2D eigenvalue weighted by atomic mass is 9.73. The largest absolute Gasteiger partial charge is 0.407 e. The highest BCUT2D eigenvalue weighted by molar-refractivity contribution is 6.00. The number of amides is 2. The Bertz CT molecular complexity index is 1520. The van der Waals surface area contributed by atoms with E-state index < -0.39 is 42.7 Å². The van der Waals surface area contributed by atoms with E-state index in [1.54, 1.807) is 29.3 Å². The van der Waals surface area contributed by atoms with E-state index in [0.29, 0.717) is 49.8 Å². The van der Waals surface area contributed by atoms with Crippen LogP contribution in [0.2, 0.25) is 0 Å². The zero-order chi connectivity index (χ0) is 33.1. The molecule has 3 N–H and O–H groups in total. The molecule has 7 nitrogen and oxygen atoms in total. The molecule has 1 aliphatic heterocycles. The number of rotatable bonds is 11. The Morgan fingerprint density at radius 1 is 0.915 bits per heavy atom. The number of nitrogens with zero attached hydrogens (tertiary/aromatic N) is 3. The Morgan fingerprint density at radius 3 is 2.15 bits per heavy atom. The quantitative estimate of drug-likeness (QED) is 0.169. The molecule has 2 amide bonds. The minimum Gasteiger partial charge on any atom is -0.365 e. The van der Waals surface area contributed by atoms with E-state index in [9.17, 15) is 35.9 Å². The van der Waals surface area contributed by atoms with Gasteiger partial charge in [0.15, 0.2) is 5.82 Å². The predicted octanol–water partition coefficient (Wildman–Crippen LogP) is 6.95. The molecule has 0 bridgehead atoms. The fraction of sp³-hybridized carbons (Fsp3) is 0.424. The second-order valence-corrected chi connectivity index (χ2v) is 11.8. The van der Waals surface area contributed by atoms with Gasteiger partial charge < -0.3 is 11.1 Å². The maximum absolute atomic E-state index is 13.9. The lowest BCUT2D eigenvalue weighted by Gasteiger charge is -2.44. The van der Waals surface area contributed by atoms with E-state index in [1.807, 2.05) is 24.3 Å². The van der Waals surface area contributed by atoms with Crippen molar-refractivity contribution in [2.75, 3.05) is 24.6 Å². The number of pyridine rings is 1. The van der Waals surface area contributed by atoms with Gasteiger partial charge in [-0.25, -0.2) is 9.99 Å². The van der Waals surface area contributed by atoms with Crippen molar-refractivity contribution < 1.29 is 35.9 Å². The summed E-state index contributed by atoms with van der Waals surface area (Å²) in [4.78, 5) is 30.0. The molecule has 2 aromatic carbocycles. The monoisotopic (exact) mass is 683 g/mol. The number of halogens is 7. The molecule has 1 fully saturated rings. The van der Waals surface area contributed by atoms with Gasteiger partial charge in [-0.1, -0.05) is 67.8 Å². The second kappa shape index (κ2) is 14.5. The van der Waals surface area contributed by atoms with Gasteiger partial charge >= 0.3 is 12.4 Å². The molecule has 0 radical (unpaired) electrons. The van der Waals surface area contributed by atoms with Gasteiger partial charge in [0.05, 0.1) is 5.56 Å². The first-order chi connectivity index (χ1) is 21.8. The number of alkyl halides is 6. The molecule has 3 aromatic rings. The molecule has 0 saturated carbocycles. The summed E-state index contributed by atoms with van der Waals surface area (Å²) < 4.78 is 81.2. The topological polar surface area (TPSA) is 91.6 Å². The van der Waals surface area contributed by atoms with Gasteiger partial charge in [-0.15, -0.1) is 12.4 Å². The van der Waals surface area contributed by atoms with Gasteiger partial charge in [0.25, 0.3) is 5.91 Å². The number of hydrogen-bond donors (Lipinski definition) is 2. The predicted molar refractivity (Wildman–Crippen MR) is 168 cm³/mol. The molecule has 2 heterocycles. The van der Waals surface area contributed by atoms with Crippen LogP contribution in [0, 0.1) is 0 Å². The molecule has 1 unspecified atom stereocenters. The number of aromatic nitrogens is 1. The molecule has 254 valence electrons. The zero-order valence-corrected chi connectivity index (χ0v) is 26.2. The van der Waals surface area contributed by atoms with Crippen LogP contribution in [-0.2, 0) is 10.2 Å². The number of benzene rings is 2. The van der Waals surface area contributed by atoms with Gasteiger partial charge in [0.1, 0.15) is 18.5 Å². The summed E-state index contributed by atoms with van der Waals surface area (Å²) in [7, 11) is 0. The third-order valence-electron chi connectivity index (χ3n) is 8.77. The van der Waals surface area contributed by atoms with Crippen molar-refractivity contribution in [2.24, 2.45) is 5.73 Å². The molecule has 1 aliphatic carbocycles. The molecule has 1 atom stereocenters. The fourth-order valence-corrected chi connectivity index (χ4v) is 6.90. The smallest absolute Gasteiger partial charge is 0.365 e. The third-order valence-corrected chi connectivity index (χ3v) is 8.77. The molecular formula is C33H36ClF6N5O2. The van der Waals surface area contributed by atoms with Gasteiger partial charge in [-0.05, 0) is 60.1 Å². The summed E-state index contributed by atoms with van der Waals surface area (Å²) in [6.07, 6.45) is -4.30. The molecule has 1 aromatic heterocycles. The Hall–Kier alpha value is -3.84. The normalized spacial score (nSPS) is 17.3. The van der Waals surface area contributed by atoms with E-state index in [1.165, 1.54) is 18.3 Å². The average Bonchev–Trinajstić information content (AvgIpc) is 3.31. The number of nitrogens with one attached hydrogen (secondary N) is 1. The van der Waals surface area contributed by atoms with Gasteiger partial charge in [-0.2, -0.15) is 26.3 Å². The number of fused-ring (bicyclic) bond motifs is 3. The summed E-state index contributed by atoms with van der Waals surface area (Å²) in [6, 6.07) is 16.8. The molecule has 0 spiro atoms. The van der Waals surface area contributed by atoms with Gasteiger partial charge in [0, 0.05) is 18.8 Å². The van der Waals surface area contributed by atoms with Crippen molar-refractivity contribution in [3.05, 3.63) is 83.6 Å². The van der Waals surface area contributed by atoms with Crippen LogP contribution in [0.4, 0.5) is 32.2 Å². The van der Waals surface area contributed by atoms with Crippen LogP contribution in [0.3, 0.4) is 0 Å². The van der Waals surface area contributed by atoms with E-state index in [-0.39, 0.29) is 36.3 Å². The van der Waals surface area contributed by atoms with Crippen molar-refractivity contribution in [2.45, 2.75) is 68.8 Å². The Kier molecular flexibility index (Phi) is 11.1. The average molecular weight is 684 g/mol. The highest BCUT2D eigenvalue weighted by Crippen LogP contribution is 2.51. The van der Waals surface area contributed by atoms with Crippen LogP contribution in [0.1, 0.15) is 66.4 Å². The number of unbranched alkanes of at least 4 members (excludes halogenated alkanes) is 1. The maximum atomic E-state index is 13.9. The lowest BCUT2D eigenvalue weighted by molar-refractivity contribution is -0.141. The highest BCUT2D eigenvalue weighted by Gasteiger charge is 2.49. The minimum atomic E-state index is -4.60. The van der Waals surface area contributed by atoms with Crippen molar-refractivity contribution in [1.82, 2.24) is 15.3 Å². The summed E-state index contributed by atoms with van der Waals surface area (Å²) in [5.41, 5.74) is 6.81. The number of piperidine rings is 1. The Morgan fingerprint density at radius 2 is 1.55 bits per heavy atom. The van der Waals surface area contributed by atoms with E-state index >= 15 is 0 Å². The van der Waals surface area contributed by atoms with Crippen LogP contribution in [0.5, 0.6) is 0 Å². The van der Waals surface area contributed by atoms with E-state index in [4.69, 9.17) is 5.73 Å². The summed E-state index contributed by atoms with van der Waals surface area (Å²) in [6.45, 7) is -2.53. The molecule has 47 heavy (non-hydrogen) atoms. The SMILES string of the molecule is Cl.NC(=O)c1cccnc1N(CC(F)(F)F)N1CCCCC1CCCCC1(C(=O)NCC(F)(F)F)c2ccccc2-c2ccccc21. The molecule has 1 saturated heterocycles. The van der Waals surface area contributed by atoms with Crippen LogP contribution in [0.25, 0.3) is 11.1 Å². The number of hydrazine groups is 1. The Balaban J connectivity index is 0.00000500. The minimum absolute atomic E-state index is 0. The van der Waals surface area contributed by atoms with Crippen molar-refractivity contribution in [1.29, 1.82) is 0 Å². The summed E-state index contributed by atoms with van der Waals surface area (Å²) >= 11 is 0. The van der Waals surface area contributed by atoms with Gasteiger partial charge in [-0.3, -0.25) is 14.6 Å². The van der Waals surface area contributed by atoms with E-state index in [0.717, 1.165) is 22.6 Å². The first-order valence-corrected chi connectivity index (χ1v) is 15.2. The molecular weight excluding hydrogens is 648 g/mol. The number of primary amides is 1. The van der Waals surface area contributed by atoms with Crippen LogP contribution >= 0.6 is 12.4 Å². The molecule has 5 rings (SSSR count). The number of hydrogen-bond acceptors (Lipinski definition) is 5. The maximum Gasteiger partial charge on any atom is 0.407 e. The third kappa shape index (κ3) is 7.83. The second-order valence-electron chi connectivity index (χ2n) is 11.8. The first-order valence-electron chi connectivity index (χ1n) is 15.2. The number of anilines is 1.